The SMILES string of the molecule is Cc1nc(C=CCCN)ccc1[N+](=O)[O-]. The molecule has 0 fully saturated rings. The van der Waals surface area contributed by atoms with Gasteiger partial charge in [0.25, 0.3) is 5.69 Å². The summed E-state index contributed by atoms with van der Waals surface area (Å²) >= 11 is 0. The molecule has 1 aromatic rings. The Morgan fingerprint density at radius 1 is 1.60 bits per heavy atom. The summed E-state index contributed by atoms with van der Waals surface area (Å²) in [5.74, 6) is 0. The summed E-state index contributed by atoms with van der Waals surface area (Å²) in [4.78, 5) is 14.2. The molecule has 80 valence electrons. The number of hydrogen-bond acceptors (Lipinski definition) is 4. The molecular formula is C10H13N3O2. The first kappa shape index (κ1) is 11.3. The number of hydrogen-bond donors (Lipinski definition) is 1. The molecule has 0 unspecified atom stereocenters. The first-order valence-corrected chi connectivity index (χ1v) is 4.64. The molecule has 1 rings (SSSR count). The average molecular weight is 207 g/mol. The molecule has 0 saturated heterocycles. The van der Waals surface area contributed by atoms with Gasteiger partial charge in [0.15, 0.2) is 0 Å². The lowest BCUT2D eigenvalue weighted by Gasteiger charge is -1.97. The Labute approximate surface area is 87.8 Å². The fourth-order valence-electron chi connectivity index (χ4n) is 1.16. The highest BCUT2D eigenvalue weighted by Gasteiger charge is 2.10. The maximum atomic E-state index is 10.5. The molecule has 1 aromatic heterocycles. The second-order valence-corrected chi connectivity index (χ2v) is 3.08. The van der Waals surface area contributed by atoms with Crippen LogP contribution in [0.2, 0.25) is 0 Å². The van der Waals surface area contributed by atoms with Crippen LogP contribution in [0.15, 0.2) is 18.2 Å². The quantitative estimate of drug-likeness (QED) is 0.601. The fourth-order valence-corrected chi connectivity index (χ4v) is 1.16. The smallest absolute Gasteiger partial charge is 0.290 e. The Hall–Kier alpha value is -1.75. The summed E-state index contributed by atoms with van der Waals surface area (Å²) in [6, 6.07) is 3.09. The third-order valence-corrected chi connectivity index (χ3v) is 1.90. The number of nitrogens with two attached hydrogens (primary N) is 1. The van der Waals surface area contributed by atoms with E-state index in [-0.39, 0.29) is 5.69 Å². The third-order valence-electron chi connectivity index (χ3n) is 1.90. The molecule has 0 aliphatic rings. The number of aryl methyl sites for hydroxylation is 1. The molecular weight excluding hydrogens is 194 g/mol. The Bertz CT molecular complexity index is 388. The van der Waals surface area contributed by atoms with Gasteiger partial charge < -0.3 is 5.73 Å². The van der Waals surface area contributed by atoms with E-state index < -0.39 is 4.92 Å². The minimum absolute atomic E-state index is 0.0472. The zero-order chi connectivity index (χ0) is 11.3. The van der Waals surface area contributed by atoms with E-state index in [4.69, 9.17) is 5.73 Å². The average Bonchev–Trinajstić information content (AvgIpc) is 2.17. The highest BCUT2D eigenvalue weighted by atomic mass is 16.6. The molecule has 0 saturated carbocycles. The molecule has 0 aliphatic heterocycles. The van der Waals surface area contributed by atoms with Crippen molar-refractivity contribution in [1.29, 1.82) is 0 Å². The van der Waals surface area contributed by atoms with Gasteiger partial charge in [0.05, 0.1) is 10.6 Å². The first-order valence-electron chi connectivity index (χ1n) is 4.64. The van der Waals surface area contributed by atoms with Gasteiger partial charge in [0, 0.05) is 6.07 Å². The Balaban J connectivity index is 2.87. The van der Waals surface area contributed by atoms with Gasteiger partial charge in [-0.05, 0) is 32.0 Å². The van der Waals surface area contributed by atoms with E-state index in [9.17, 15) is 10.1 Å². The Kier molecular flexibility index (Phi) is 3.93. The maximum Gasteiger partial charge on any atom is 0.290 e. The van der Waals surface area contributed by atoms with Crippen LogP contribution < -0.4 is 5.73 Å². The minimum Gasteiger partial charge on any atom is -0.330 e. The highest BCUT2D eigenvalue weighted by Crippen LogP contribution is 2.15. The van der Waals surface area contributed by atoms with Gasteiger partial charge in [-0.1, -0.05) is 6.08 Å². The fraction of sp³-hybridized carbons (Fsp3) is 0.300. The molecule has 0 bridgehead atoms. The molecule has 0 atom stereocenters. The van der Waals surface area contributed by atoms with Gasteiger partial charge in [-0.15, -0.1) is 0 Å². The van der Waals surface area contributed by atoms with E-state index in [0.29, 0.717) is 17.9 Å². The molecule has 0 aliphatic carbocycles. The van der Waals surface area contributed by atoms with Crippen molar-refractivity contribution in [2.45, 2.75) is 13.3 Å². The van der Waals surface area contributed by atoms with Crippen molar-refractivity contribution in [3.8, 4) is 0 Å². The molecule has 0 spiro atoms. The van der Waals surface area contributed by atoms with Crippen LogP contribution in [0.5, 0.6) is 0 Å². The number of aromatic nitrogens is 1. The number of nitro groups is 1. The summed E-state index contributed by atoms with van der Waals surface area (Å²) in [5, 5.41) is 10.5. The van der Waals surface area contributed by atoms with Crippen LogP contribution in [0.1, 0.15) is 17.8 Å². The van der Waals surface area contributed by atoms with Gasteiger partial charge >= 0.3 is 0 Å². The molecule has 1 heterocycles. The lowest BCUT2D eigenvalue weighted by molar-refractivity contribution is -0.385. The van der Waals surface area contributed by atoms with Crippen LogP contribution in [-0.2, 0) is 0 Å². The van der Waals surface area contributed by atoms with E-state index in [0.717, 1.165) is 6.42 Å². The molecule has 0 aromatic carbocycles. The first-order chi connectivity index (χ1) is 7.15. The van der Waals surface area contributed by atoms with Crippen LogP contribution in [-0.4, -0.2) is 16.5 Å². The van der Waals surface area contributed by atoms with Crippen molar-refractivity contribution in [2.24, 2.45) is 5.73 Å². The Morgan fingerprint density at radius 2 is 2.33 bits per heavy atom. The van der Waals surface area contributed by atoms with Gasteiger partial charge in [-0.25, -0.2) is 4.98 Å². The van der Waals surface area contributed by atoms with Crippen LogP contribution in [0.3, 0.4) is 0 Å². The standard InChI is InChI=1S/C10H13N3O2/c1-8-10(13(14)15)6-5-9(12-8)4-2-3-7-11/h2,4-6H,3,7,11H2,1H3. The van der Waals surface area contributed by atoms with E-state index in [1.54, 1.807) is 13.0 Å². The van der Waals surface area contributed by atoms with Gasteiger partial charge in [0.2, 0.25) is 0 Å². The summed E-state index contributed by atoms with van der Waals surface area (Å²) in [6.07, 6.45) is 4.48. The minimum atomic E-state index is -0.435. The molecule has 2 N–H and O–H groups in total. The topological polar surface area (TPSA) is 82.0 Å². The zero-order valence-corrected chi connectivity index (χ0v) is 8.51. The number of rotatable bonds is 4. The van der Waals surface area contributed by atoms with Gasteiger partial charge in [0.1, 0.15) is 5.69 Å². The van der Waals surface area contributed by atoms with Gasteiger partial charge in [-0.2, -0.15) is 0 Å². The Morgan fingerprint density at radius 3 is 2.87 bits per heavy atom. The van der Waals surface area contributed by atoms with Crippen molar-refractivity contribution in [3.63, 3.8) is 0 Å². The molecule has 0 amide bonds. The molecule has 0 radical (unpaired) electrons. The predicted octanol–water partition coefficient (Wildman–Crippen LogP) is 1.66. The third kappa shape index (κ3) is 3.14. The van der Waals surface area contributed by atoms with Crippen molar-refractivity contribution in [3.05, 3.63) is 39.7 Å². The van der Waals surface area contributed by atoms with E-state index in [1.807, 2.05) is 12.2 Å². The maximum absolute atomic E-state index is 10.5. The largest absolute Gasteiger partial charge is 0.330 e. The summed E-state index contributed by atoms with van der Waals surface area (Å²) in [5.41, 5.74) is 6.51. The highest BCUT2D eigenvalue weighted by molar-refractivity contribution is 5.48. The predicted molar refractivity (Wildman–Crippen MR) is 58.3 cm³/mol. The second kappa shape index (κ2) is 5.21. The van der Waals surface area contributed by atoms with Crippen molar-refractivity contribution in [2.75, 3.05) is 6.54 Å². The molecule has 15 heavy (non-hydrogen) atoms. The van der Waals surface area contributed by atoms with Crippen molar-refractivity contribution >= 4 is 11.8 Å². The number of nitrogens with zero attached hydrogens (tertiary/aromatic N) is 2. The summed E-state index contributed by atoms with van der Waals surface area (Å²) in [7, 11) is 0. The number of pyridine rings is 1. The monoisotopic (exact) mass is 207 g/mol. The van der Waals surface area contributed by atoms with Crippen LogP contribution in [0.25, 0.3) is 6.08 Å². The second-order valence-electron chi connectivity index (χ2n) is 3.08. The van der Waals surface area contributed by atoms with Crippen molar-refractivity contribution in [1.82, 2.24) is 4.98 Å². The van der Waals surface area contributed by atoms with E-state index >= 15 is 0 Å². The van der Waals surface area contributed by atoms with Crippen LogP contribution in [0, 0.1) is 17.0 Å². The van der Waals surface area contributed by atoms with Crippen molar-refractivity contribution < 1.29 is 4.92 Å². The normalized spacial score (nSPS) is 10.8. The lowest BCUT2D eigenvalue weighted by atomic mass is 10.2. The lowest BCUT2D eigenvalue weighted by Crippen LogP contribution is -1.96. The zero-order valence-electron chi connectivity index (χ0n) is 8.51. The molecule has 5 heteroatoms. The van der Waals surface area contributed by atoms with E-state index in [1.165, 1.54) is 6.07 Å². The van der Waals surface area contributed by atoms with Crippen LogP contribution >= 0.6 is 0 Å². The summed E-state index contributed by atoms with van der Waals surface area (Å²) < 4.78 is 0. The van der Waals surface area contributed by atoms with Crippen LogP contribution in [0.4, 0.5) is 5.69 Å². The molecule has 5 nitrogen and oxygen atoms in total. The summed E-state index contributed by atoms with van der Waals surface area (Å²) in [6.45, 7) is 2.21. The van der Waals surface area contributed by atoms with Gasteiger partial charge in [-0.3, -0.25) is 10.1 Å². The van der Waals surface area contributed by atoms with E-state index in [2.05, 4.69) is 4.98 Å².